The number of hydrogen-bond donors (Lipinski definition) is 1. The van der Waals surface area contributed by atoms with Gasteiger partial charge in [-0.2, -0.15) is 22.0 Å². The van der Waals surface area contributed by atoms with Gasteiger partial charge in [0, 0.05) is 25.9 Å². The molecule has 2 rings (SSSR count). The molecule has 0 radical (unpaired) electrons. The van der Waals surface area contributed by atoms with Crippen molar-refractivity contribution in [1.82, 2.24) is 9.03 Å². The zero-order valence-corrected chi connectivity index (χ0v) is 13.2. The number of carbonyl (C=O) groups excluding carboxylic acids is 1. The third-order valence-electron chi connectivity index (χ3n) is 3.40. The average molecular weight is 402 g/mol. The van der Waals surface area contributed by atoms with Crippen molar-refractivity contribution in [1.29, 1.82) is 0 Å². The number of nitrogens with zero attached hydrogens (tertiary/aromatic N) is 1. The number of likely N-dealkylation sites (tertiary alicyclic amines) is 1. The predicted molar refractivity (Wildman–Crippen MR) is 66.5 cm³/mol. The van der Waals surface area contributed by atoms with Gasteiger partial charge in [0.15, 0.2) is 6.10 Å². The largest absolute Gasteiger partial charge is 0.512 e. The maximum Gasteiger partial charge on any atom is 0.512 e. The number of ether oxygens (including phenoxy) is 1. The van der Waals surface area contributed by atoms with Gasteiger partial charge in [0.25, 0.3) is 10.0 Å². The van der Waals surface area contributed by atoms with Crippen LogP contribution in [0.15, 0.2) is 0 Å². The summed E-state index contributed by atoms with van der Waals surface area (Å²) in [6.07, 6.45) is -3.71. The summed E-state index contributed by atoms with van der Waals surface area (Å²) >= 11 is 0. The lowest BCUT2D eigenvalue weighted by Crippen LogP contribution is -2.51. The van der Waals surface area contributed by atoms with Crippen LogP contribution >= 0.6 is 0 Å². The number of nitrogens with one attached hydrogen (secondary N) is 1. The fourth-order valence-electron chi connectivity index (χ4n) is 2.06. The Balaban J connectivity index is 2.12. The third-order valence-corrected chi connectivity index (χ3v) is 6.71. The zero-order chi connectivity index (χ0) is 18.6. The molecule has 24 heavy (non-hydrogen) atoms. The number of sulfonamides is 2. The average Bonchev–Trinajstić information content (AvgIpc) is 3.17. The molecule has 0 saturated carbocycles. The molecule has 15 heteroatoms. The highest BCUT2D eigenvalue weighted by Gasteiger charge is 2.68. The Morgan fingerprint density at radius 2 is 1.50 bits per heavy atom. The van der Waals surface area contributed by atoms with Gasteiger partial charge in [0.2, 0.25) is 0 Å². The van der Waals surface area contributed by atoms with Crippen LogP contribution in [0.5, 0.6) is 0 Å². The number of rotatable bonds is 5. The number of Topliss-reactive ketones (excluding diaryl/α,β-unsaturated/α-hetero) is 1. The van der Waals surface area contributed by atoms with Crippen LogP contribution < -0.4 is 4.13 Å². The van der Waals surface area contributed by atoms with Crippen molar-refractivity contribution >= 4 is 25.8 Å². The predicted octanol–water partition coefficient (Wildman–Crippen LogP) is -0.262. The van der Waals surface area contributed by atoms with Gasteiger partial charge in [-0.15, -0.1) is 0 Å². The summed E-state index contributed by atoms with van der Waals surface area (Å²) in [5.74, 6) is -0.124. The maximum atomic E-state index is 13.9. The van der Waals surface area contributed by atoms with E-state index in [0.29, 0.717) is 0 Å². The van der Waals surface area contributed by atoms with E-state index in [1.165, 1.54) is 4.90 Å². The molecular weight excluding hydrogens is 391 g/mol. The molecule has 0 aromatic rings. The summed E-state index contributed by atoms with van der Waals surface area (Å²) in [7, 11) is -12.8. The van der Waals surface area contributed by atoms with E-state index in [2.05, 4.69) is 4.74 Å². The van der Waals surface area contributed by atoms with Crippen molar-refractivity contribution in [3.63, 3.8) is 0 Å². The van der Waals surface area contributed by atoms with Crippen LogP contribution in [-0.4, -0.2) is 63.7 Å². The van der Waals surface area contributed by atoms with E-state index < -0.39 is 43.1 Å². The molecular formula is C9H11F5N2O6S2. The molecule has 0 amide bonds. The first-order chi connectivity index (χ1) is 10.7. The fourth-order valence-corrected chi connectivity index (χ4v) is 4.51. The van der Waals surface area contributed by atoms with E-state index in [-0.39, 0.29) is 35.8 Å². The van der Waals surface area contributed by atoms with Gasteiger partial charge in [-0.25, -0.2) is 16.8 Å². The SMILES string of the molecule is O=C1CCN(C2OC2C(F)(F)S(=O)(=O)NS(=O)(=O)C(F)(F)F)CC1. The Kier molecular flexibility index (Phi) is 4.71. The summed E-state index contributed by atoms with van der Waals surface area (Å²) in [6.45, 7) is 0.0365. The topological polar surface area (TPSA) is 113 Å². The van der Waals surface area contributed by atoms with Crippen molar-refractivity contribution in [2.45, 2.75) is 35.9 Å². The molecule has 0 bridgehead atoms. The Morgan fingerprint density at radius 3 is 1.96 bits per heavy atom. The van der Waals surface area contributed by atoms with Crippen molar-refractivity contribution < 1.29 is 48.3 Å². The third kappa shape index (κ3) is 3.54. The smallest absolute Gasteiger partial charge is 0.345 e. The lowest BCUT2D eigenvalue weighted by Gasteiger charge is -2.24. The van der Waals surface area contributed by atoms with Crippen molar-refractivity contribution in [3.8, 4) is 0 Å². The highest BCUT2D eigenvalue weighted by Crippen LogP contribution is 2.42. The number of halogens is 5. The minimum Gasteiger partial charge on any atom is -0.345 e. The van der Waals surface area contributed by atoms with Crippen LogP contribution in [0.25, 0.3) is 0 Å². The Labute approximate surface area is 133 Å². The van der Waals surface area contributed by atoms with E-state index in [1.54, 1.807) is 0 Å². The number of piperidine rings is 1. The van der Waals surface area contributed by atoms with Crippen LogP contribution in [0, 0.1) is 0 Å². The molecule has 0 aromatic heterocycles. The van der Waals surface area contributed by atoms with Crippen LogP contribution in [-0.2, 0) is 29.6 Å². The Bertz CT molecular complexity index is 724. The number of ketones is 1. The van der Waals surface area contributed by atoms with E-state index >= 15 is 0 Å². The van der Waals surface area contributed by atoms with Gasteiger partial charge in [0.05, 0.1) is 0 Å². The highest BCUT2D eigenvalue weighted by atomic mass is 32.3. The van der Waals surface area contributed by atoms with Gasteiger partial charge in [0.1, 0.15) is 12.0 Å². The first-order valence-electron chi connectivity index (χ1n) is 6.32. The quantitative estimate of drug-likeness (QED) is 0.498. The lowest BCUT2D eigenvalue weighted by atomic mass is 10.1. The first-order valence-corrected chi connectivity index (χ1v) is 9.29. The number of hydrogen-bond acceptors (Lipinski definition) is 7. The Morgan fingerprint density at radius 1 is 1.00 bits per heavy atom. The minimum absolute atomic E-state index is 0.0183. The van der Waals surface area contributed by atoms with Crippen molar-refractivity contribution in [2.24, 2.45) is 0 Å². The summed E-state index contributed by atoms with van der Waals surface area (Å²) in [6, 6.07) is 0. The second kappa shape index (κ2) is 5.82. The van der Waals surface area contributed by atoms with Crippen molar-refractivity contribution in [2.75, 3.05) is 13.1 Å². The number of alkyl halides is 5. The molecule has 1 N–H and O–H groups in total. The number of epoxide rings is 1. The molecule has 140 valence electrons. The molecule has 2 unspecified atom stereocenters. The molecule has 2 aliphatic rings. The van der Waals surface area contributed by atoms with E-state index in [4.69, 9.17) is 0 Å². The summed E-state index contributed by atoms with van der Waals surface area (Å²) in [5.41, 5.74) is -6.08. The summed E-state index contributed by atoms with van der Waals surface area (Å²) in [4.78, 5) is 12.3. The fraction of sp³-hybridized carbons (Fsp3) is 0.889. The molecule has 2 fully saturated rings. The lowest BCUT2D eigenvalue weighted by molar-refractivity contribution is -0.121. The van der Waals surface area contributed by atoms with Gasteiger partial charge in [-0.05, 0) is 0 Å². The van der Waals surface area contributed by atoms with Crippen LogP contribution in [0.1, 0.15) is 12.8 Å². The summed E-state index contributed by atoms with van der Waals surface area (Å²) < 4.78 is 113. The van der Waals surface area contributed by atoms with Crippen LogP contribution in [0.2, 0.25) is 0 Å². The molecule has 0 aromatic carbocycles. The summed E-state index contributed by atoms with van der Waals surface area (Å²) in [5, 5.41) is -4.92. The van der Waals surface area contributed by atoms with E-state index in [9.17, 15) is 43.6 Å². The Hall–Kier alpha value is -0.900. The van der Waals surface area contributed by atoms with Gasteiger partial charge in [-0.1, -0.05) is 4.13 Å². The molecule has 2 heterocycles. The van der Waals surface area contributed by atoms with Crippen LogP contribution in [0.3, 0.4) is 0 Å². The van der Waals surface area contributed by atoms with Crippen molar-refractivity contribution in [3.05, 3.63) is 0 Å². The molecule has 2 atom stereocenters. The second-order valence-corrected chi connectivity index (χ2v) is 8.81. The second-order valence-electron chi connectivity index (χ2n) is 5.12. The molecule has 0 spiro atoms. The van der Waals surface area contributed by atoms with E-state index in [1.807, 2.05) is 0 Å². The standard InChI is InChI=1S/C9H11F5N2O6S2/c10-8(11,23(18,19)15-24(20,21)9(12,13)14)6-7(22-6)16-3-1-5(17)2-4-16/h6-7,15H,1-4H2. The molecule has 8 nitrogen and oxygen atoms in total. The molecule has 0 aliphatic carbocycles. The van der Waals surface area contributed by atoms with Gasteiger partial charge >= 0.3 is 20.8 Å². The van der Waals surface area contributed by atoms with Gasteiger partial charge < -0.3 is 4.74 Å². The zero-order valence-electron chi connectivity index (χ0n) is 11.6. The highest BCUT2D eigenvalue weighted by molar-refractivity contribution is 8.05. The normalized spacial score (nSPS) is 27.3. The minimum atomic E-state index is -6.53. The van der Waals surface area contributed by atoms with Crippen LogP contribution in [0.4, 0.5) is 22.0 Å². The monoisotopic (exact) mass is 402 g/mol. The maximum absolute atomic E-state index is 13.9. The van der Waals surface area contributed by atoms with E-state index in [0.717, 1.165) is 0 Å². The molecule has 2 aliphatic heterocycles. The number of carbonyl (C=O) groups is 1. The molecule has 2 saturated heterocycles. The first kappa shape index (κ1) is 19.4. The van der Waals surface area contributed by atoms with Gasteiger partial charge in [-0.3, -0.25) is 9.69 Å².